The molecule has 2 bridgehead atoms. The fourth-order valence-corrected chi connectivity index (χ4v) is 4.04. The van der Waals surface area contributed by atoms with Crippen molar-refractivity contribution in [1.29, 1.82) is 5.26 Å². The maximum atomic E-state index is 13.3. The smallest absolute Gasteiger partial charge is 0.126 e. The molecule has 1 aromatic rings. The van der Waals surface area contributed by atoms with Crippen molar-refractivity contribution < 1.29 is 9.50 Å². The number of nitriles is 1. The monoisotopic (exact) mass is 259 g/mol. The average Bonchev–Trinajstić information content (AvgIpc) is 3.02. The lowest BCUT2D eigenvalue weighted by Gasteiger charge is -2.35. The third-order valence-electron chi connectivity index (χ3n) is 5.09. The van der Waals surface area contributed by atoms with E-state index in [1.54, 1.807) is 19.1 Å². The van der Waals surface area contributed by atoms with Gasteiger partial charge in [0.15, 0.2) is 0 Å². The maximum absolute atomic E-state index is 13.3. The summed E-state index contributed by atoms with van der Waals surface area (Å²) in [6.07, 6.45) is 3.27. The summed E-state index contributed by atoms with van der Waals surface area (Å²) in [5.74, 6) is 0.610. The van der Waals surface area contributed by atoms with Gasteiger partial charge in [-0.2, -0.15) is 5.26 Å². The lowest BCUT2D eigenvalue weighted by molar-refractivity contribution is 0.0232. The first-order valence-electron chi connectivity index (χ1n) is 6.92. The maximum Gasteiger partial charge on any atom is 0.126 e. The molecule has 3 rings (SSSR count). The lowest BCUT2D eigenvalue weighted by atomic mass is 9.68. The van der Waals surface area contributed by atoms with Gasteiger partial charge in [0, 0.05) is 0 Å². The SMILES string of the molecule is Cc1cc(C(O)C2(C#N)CC3CCC2C3)ccc1F. The van der Waals surface area contributed by atoms with Crippen LogP contribution in [0.2, 0.25) is 0 Å². The number of hydrogen-bond donors (Lipinski definition) is 1. The van der Waals surface area contributed by atoms with Gasteiger partial charge in [-0.1, -0.05) is 18.6 Å². The van der Waals surface area contributed by atoms with E-state index in [1.165, 1.54) is 12.5 Å². The molecule has 4 atom stereocenters. The molecule has 0 saturated heterocycles. The van der Waals surface area contributed by atoms with Crippen molar-refractivity contribution in [2.75, 3.05) is 0 Å². The van der Waals surface area contributed by atoms with Crippen LogP contribution >= 0.6 is 0 Å². The van der Waals surface area contributed by atoms with Gasteiger partial charge < -0.3 is 5.11 Å². The van der Waals surface area contributed by atoms with Crippen LogP contribution in [0.1, 0.15) is 42.9 Å². The topological polar surface area (TPSA) is 44.0 Å². The van der Waals surface area contributed by atoms with E-state index in [9.17, 15) is 14.8 Å². The van der Waals surface area contributed by atoms with Gasteiger partial charge in [0.05, 0.1) is 17.6 Å². The summed E-state index contributed by atoms with van der Waals surface area (Å²) in [4.78, 5) is 0. The first kappa shape index (κ1) is 12.6. The minimum absolute atomic E-state index is 0.269. The van der Waals surface area contributed by atoms with E-state index in [0.29, 0.717) is 23.0 Å². The van der Waals surface area contributed by atoms with Crippen molar-refractivity contribution in [2.24, 2.45) is 17.3 Å². The van der Waals surface area contributed by atoms with Gasteiger partial charge >= 0.3 is 0 Å². The van der Waals surface area contributed by atoms with Crippen molar-refractivity contribution >= 4 is 0 Å². The van der Waals surface area contributed by atoms with Crippen LogP contribution < -0.4 is 0 Å². The third kappa shape index (κ3) is 1.78. The Morgan fingerprint density at radius 3 is 2.79 bits per heavy atom. The second kappa shape index (κ2) is 4.31. The molecule has 2 aliphatic carbocycles. The molecule has 1 aromatic carbocycles. The van der Waals surface area contributed by atoms with E-state index in [1.807, 2.05) is 0 Å². The lowest BCUT2D eigenvalue weighted by Crippen LogP contribution is -2.33. The standard InChI is InChI=1S/C16H18FNO/c1-10-6-12(3-5-14(10)17)15(19)16(9-18)8-11-2-4-13(16)7-11/h3,5-6,11,13,15,19H,2,4,7-8H2,1H3. The molecule has 0 amide bonds. The third-order valence-corrected chi connectivity index (χ3v) is 5.09. The summed E-state index contributed by atoms with van der Waals surface area (Å²) >= 11 is 0. The van der Waals surface area contributed by atoms with Crippen LogP contribution in [0.3, 0.4) is 0 Å². The van der Waals surface area contributed by atoms with Gasteiger partial charge in [-0.05, 0) is 55.2 Å². The Bertz CT molecular complexity index is 550. The molecule has 100 valence electrons. The molecule has 1 N–H and O–H groups in total. The molecule has 0 aromatic heterocycles. The van der Waals surface area contributed by atoms with E-state index >= 15 is 0 Å². The summed E-state index contributed by atoms with van der Waals surface area (Å²) in [6.45, 7) is 1.69. The van der Waals surface area contributed by atoms with Crippen LogP contribution in [0, 0.1) is 41.3 Å². The molecule has 3 heteroatoms. The fraction of sp³-hybridized carbons (Fsp3) is 0.562. The van der Waals surface area contributed by atoms with Crippen LogP contribution in [0.15, 0.2) is 18.2 Å². The van der Waals surface area contributed by atoms with Crippen LogP contribution in [0.5, 0.6) is 0 Å². The Kier molecular flexibility index (Phi) is 2.87. The number of halogens is 1. The van der Waals surface area contributed by atoms with Crippen LogP contribution in [0.25, 0.3) is 0 Å². The molecule has 0 aliphatic heterocycles. The number of fused-ring (bicyclic) bond motifs is 2. The fourth-order valence-electron chi connectivity index (χ4n) is 4.04. The molecule has 4 unspecified atom stereocenters. The van der Waals surface area contributed by atoms with E-state index in [-0.39, 0.29) is 5.82 Å². The first-order chi connectivity index (χ1) is 9.06. The van der Waals surface area contributed by atoms with Crippen LogP contribution in [-0.4, -0.2) is 5.11 Å². The Morgan fingerprint density at radius 1 is 1.47 bits per heavy atom. The number of benzene rings is 1. The number of aliphatic hydroxyl groups is 1. The highest BCUT2D eigenvalue weighted by atomic mass is 19.1. The van der Waals surface area contributed by atoms with E-state index in [0.717, 1.165) is 19.3 Å². The van der Waals surface area contributed by atoms with E-state index in [2.05, 4.69) is 6.07 Å². The highest BCUT2D eigenvalue weighted by Crippen LogP contribution is 2.60. The molecule has 0 radical (unpaired) electrons. The summed E-state index contributed by atoms with van der Waals surface area (Å²) in [5, 5.41) is 20.3. The zero-order valence-electron chi connectivity index (χ0n) is 11.1. The Morgan fingerprint density at radius 2 is 2.26 bits per heavy atom. The van der Waals surface area contributed by atoms with Crippen molar-refractivity contribution in [2.45, 2.75) is 38.7 Å². The molecule has 2 fully saturated rings. The molecule has 2 nitrogen and oxygen atoms in total. The first-order valence-corrected chi connectivity index (χ1v) is 6.92. The second-order valence-electron chi connectivity index (χ2n) is 6.14. The molecular weight excluding hydrogens is 241 g/mol. The highest BCUT2D eigenvalue weighted by Gasteiger charge is 2.55. The van der Waals surface area contributed by atoms with Gasteiger partial charge in [-0.3, -0.25) is 0 Å². The zero-order valence-corrected chi connectivity index (χ0v) is 11.1. The molecule has 2 aliphatic rings. The van der Waals surface area contributed by atoms with Crippen molar-refractivity contribution in [1.82, 2.24) is 0 Å². The Balaban J connectivity index is 1.96. The number of aryl methyl sites for hydroxylation is 1. The molecule has 0 heterocycles. The molecule has 2 saturated carbocycles. The predicted molar refractivity (Wildman–Crippen MR) is 69.6 cm³/mol. The largest absolute Gasteiger partial charge is 0.387 e. The van der Waals surface area contributed by atoms with Crippen LogP contribution in [0.4, 0.5) is 4.39 Å². The minimum Gasteiger partial charge on any atom is -0.387 e. The zero-order chi connectivity index (χ0) is 13.6. The van der Waals surface area contributed by atoms with Crippen molar-refractivity contribution in [3.63, 3.8) is 0 Å². The van der Waals surface area contributed by atoms with Crippen LogP contribution in [-0.2, 0) is 0 Å². The summed E-state index contributed by atoms with van der Waals surface area (Å²) < 4.78 is 13.3. The predicted octanol–water partition coefficient (Wildman–Crippen LogP) is 3.50. The number of nitrogens with zero attached hydrogens (tertiary/aromatic N) is 1. The molecule has 0 spiro atoms. The summed E-state index contributed by atoms with van der Waals surface area (Å²) in [6, 6.07) is 7.06. The number of rotatable bonds is 2. The summed E-state index contributed by atoms with van der Waals surface area (Å²) in [5.41, 5.74) is 0.536. The van der Waals surface area contributed by atoms with Gasteiger partial charge in [-0.25, -0.2) is 4.39 Å². The van der Waals surface area contributed by atoms with Crippen molar-refractivity contribution in [3.8, 4) is 6.07 Å². The minimum atomic E-state index is -0.799. The van der Waals surface area contributed by atoms with Gasteiger partial charge in [0.1, 0.15) is 5.82 Å². The number of aliphatic hydroxyl groups excluding tert-OH is 1. The average molecular weight is 259 g/mol. The molecular formula is C16H18FNO. The Labute approximate surface area is 112 Å². The number of hydrogen-bond acceptors (Lipinski definition) is 2. The van der Waals surface area contributed by atoms with Gasteiger partial charge in [-0.15, -0.1) is 0 Å². The van der Waals surface area contributed by atoms with E-state index in [4.69, 9.17) is 0 Å². The second-order valence-corrected chi connectivity index (χ2v) is 6.14. The van der Waals surface area contributed by atoms with Crippen molar-refractivity contribution in [3.05, 3.63) is 35.1 Å². The quantitative estimate of drug-likeness (QED) is 0.883. The van der Waals surface area contributed by atoms with Gasteiger partial charge in [0.2, 0.25) is 0 Å². The molecule has 19 heavy (non-hydrogen) atoms. The Hall–Kier alpha value is -1.40. The van der Waals surface area contributed by atoms with Gasteiger partial charge in [0.25, 0.3) is 0 Å². The normalized spacial score (nSPS) is 34.2. The highest BCUT2D eigenvalue weighted by molar-refractivity contribution is 5.30. The van der Waals surface area contributed by atoms with E-state index < -0.39 is 11.5 Å². The summed E-state index contributed by atoms with van der Waals surface area (Å²) in [7, 11) is 0.